The van der Waals surface area contributed by atoms with Crippen molar-refractivity contribution in [3.05, 3.63) is 26.9 Å². The van der Waals surface area contributed by atoms with Crippen molar-refractivity contribution >= 4 is 31.9 Å². The summed E-state index contributed by atoms with van der Waals surface area (Å²) in [4.78, 5) is 3.96. The van der Waals surface area contributed by atoms with E-state index in [0.29, 0.717) is 4.60 Å². The molecule has 0 saturated heterocycles. The third-order valence-corrected chi connectivity index (χ3v) is 2.20. The highest BCUT2D eigenvalue weighted by Gasteiger charge is 1.98. The van der Waals surface area contributed by atoms with Crippen molar-refractivity contribution in [2.45, 2.75) is 6.61 Å². The monoisotopic (exact) mass is 265 g/mol. The molecule has 0 fully saturated rings. The van der Waals surface area contributed by atoms with Gasteiger partial charge in [0.2, 0.25) is 0 Å². The van der Waals surface area contributed by atoms with Crippen molar-refractivity contribution in [2.24, 2.45) is 0 Å². The molecule has 0 aliphatic rings. The molecule has 2 nitrogen and oxygen atoms in total. The van der Waals surface area contributed by atoms with Crippen molar-refractivity contribution in [3.63, 3.8) is 0 Å². The summed E-state index contributed by atoms with van der Waals surface area (Å²) in [5, 5.41) is 8.75. The van der Waals surface area contributed by atoms with Crippen LogP contribution in [0.15, 0.2) is 21.3 Å². The Labute approximate surface area is 75.5 Å². The lowest BCUT2D eigenvalue weighted by Crippen LogP contribution is -1.87. The number of rotatable bonds is 1. The van der Waals surface area contributed by atoms with Crippen molar-refractivity contribution in [1.29, 1.82) is 0 Å². The van der Waals surface area contributed by atoms with Crippen LogP contribution in [0.3, 0.4) is 0 Å². The minimum atomic E-state index is 0.00697. The molecular formula is C6H5Br2NO. The average molecular weight is 267 g/mol. The summed E-state index contributed by atoms with van der Waals surface area (Å²) in [6.07, 6.45) is 1.67. The topological polar surface area (TPSA) is 33.1 Å². The van der Waals surface area contributed by atoms with Crippen LogP contribution in [-0.2, 0) is 6.61 Å². The van der Waals surface area contributed by atoms with Gasteiger partial charge in [-0.25, -0.2) is 4.98 Å². The fourth-order valence-electron chi connectivity index (χ4n) is 0.575. The van der Waals surface area contributed by atoms with E-state index in [1.165, 1.54) is 0 Å². The number of pyridine rings is 1. The van der Waals surface area contributed by atoms with Crippen molar-refractivity contribution in [3.8, 4) is 0 Å². The Balaban J connectivity index is 3.09. The van der Waals surface area contributed by atoms with Crippen molar-refractivity contribution < 1.29 is 5.11 Å². The summed E-state index contributed by atoms with van der Waals surface area (Å²) < 4.78 is 1.57. The highest BCUT2D eigenvalue weighted by Crippen LogP contribution is 2.17. The fraction of sp³-hybridized carbons (Fsp3) is 0.167. The van der Waals surface area contributed by atoms with Gasteiger partial charge in [-0.15, -0.1) is 0 Å². The van der Waals surface area contributed by atoms with Gasteiger partial charge in [-0.05, 0) is 37.9 Å². The van der Waals surface area contributed by atoms with Crippen LogP contribution in [0.1, 0.15) is 5.56 Å². The molecule has 1 aromatic heterocycles. The Morgan fingerprint density at radius 3 is 2.70 bits per heavy atom. The molecule has 0 aliphatic carbocycles. The van der Waals surface area contributed by atoms with Crippen LogP contribution in [0.2, 0.25) is 0 Å². The van der Waals surface area contributed by atoms with Gasteiger partial charge in [0.05, 0.1) is 6.61 Å². The summed E-state index contributed by atoms with van der Waals surface area (Å²) in [6.45, 7) is 0.00697. The second-order valence-electron chi connectivity index (χ2n) is 1.76. The van der Waals surface area contributed by atoms with Gasteiger partial charge in [-0.3, -0.25) is 0 Å². The van der Waals surface area contributed by atoms with Crippen molar-refractivity contribution in [1.82, 2.24) is 4.98 Å². The minimum Gasteiger partial charge on any atom is -0.392 e. The molecule has 0 bridgehead atoms. The zero-order chi connectivity index (χ0) is 7.56. The molecule has 0 amide bonds. The van der Waals surface area contributed by atoms with E-state index in [9.17, 15) is 0 Å². The zero-order valence-electron chi connectivity index (χ0n) is 5.01. The highest BCUT2D eigenvalue weighted by molar-refractivity contribution is 9.11. The largest absolute Gasteiger partial charge is 0.392 e. The normalized spacial score (nSPS) is 9.90. The smallest absolute Gasteiger partial charge is 0.111 e. The van der Waals surface area contributed by atoms with E-state index in [1.54, 1.807) is 6.20 Å². The van der Waals surface area contributed by atoms with Gasteiger partial charge >= 0.3 is 0 Å². The van der Waals surface area contributed by atoms with Crippen LogP contribution in [0.4, 0.5) is 0 Å². The summed E-state index contributed by atoms with van der Waals surface area (Å²) in [7, 11) is 0. The van der Waals surface area contributed by atoms with E-state index in [2.05, 4.69) is 36.8 Å². The lowest BCUT2D eigenvalue weighted by molar-refractivity contribution is 0.280. The first-order valence-electron chi connectivity index (χ1n) is 2.65. The number of hydrogen-bond acceptors (Lipinski definition) is 2. The number of nitrogens with zero attached hydrogens (tertiary/aromatic N) is 1. The first-order chi connectivity index (χ1) is 4.74. The Morgan fingerprint density at radius 2 is 2.20 bits per heavy atom. The van der Waals surface area contributed by atoms with Crippen LogP contribution in [0.25, 0.3) is 0 Å². The lowest BCUT2D eigenvalue weighted by Gasteiger charge is -1.98. The molecule has 0 aromatic carbocycles. The SMILES string of the molecule is OCc1cc(Br)cnc1Br. The van der Waals surface area contributed by atoms with Crippen LogP contribution in [-0.4, -0.2) is 10.1 Å². The molecule has 0 atom stereocenters. The Bertz CT molecular complexity index is 239. The van der Waals surface area contributed by atoms with E-state index >= 15 is 0 Å². The van der Waals surface area contributed by atoms with Crippen LogP contribution in [0.5, 0.6) is 0 Å². The molecule has 1 rings (SSSR count). The minimum absolute atomic E-state index is 0.00697. The maximum absolute atomic E-state index is 8.75. The average Bonchev–Trinajstić information content (AvgIpc) is 1.94. The number of aromatic nitrogens is 1. The summed E-state index contributed by atoms with van der Waals surface area (Å²) >= 11 is 6.44. The molecule has 1 heterocycles. The molecule has 0 saturated carbocycles. The maximum Gasteiger partial charge on any atom is 0.111 e. The van der Waals surface area contributed by atoms with Crippen LogP contribution in [0, 0.1) is 0 Å². The standard InChI is InChI=1S/C6H5Br2NO/c7-5-1-4(3-10)6(8)9-2-5/h1-2,10H,3H2. The second kappa shape index (κ2) is 3.46. The molecule has 10 heavy (non-hydrogen) atoms. The molecule has 0 radical (unpaired) electrons. The summed E-state index contributed by atoms with van der Waals surface area (Å²) in [5.41, 5.74) is 0.786. The first kappa shape index (κ1) is 8.17. The summed E-state index contributed by atoms with van der Waals surface area (Å²) in [5.74, 6) is 0. The fourth-order valence-corrected chi connectivity index (χ4v) is 1.30. The third-order valence-electron chi connectivity index (χ3n) is 1.05. The van der Waals surface area contributed by atoms with Gasteiger partial charge < -0.3 is 5.11 Å². The maximum atomic E-state index is 8.75. The molecule has 4 heteroatoms. The molecule has 54 valence electrons. The van der Waals surface area contributed by atoms with E-state index < -0.39 is 0 Å². The van der Waals surface area contributed by atoms with E-state index in [1.807, 2.05) is 6.07 Å². The lowest BCUT2D eigenvalue weighted by atomic mass is 10.3. The molecule has 1 N–H and O–H groups in total. The van der Waals surface area contributed by atoms with Gasteiger partial charge in [0, 0.05) is 16.2 Å². The van der Waals surface area contributed by atoms with Crippen LogP contribution >= 0.6 is 31.9 Å². The Kier molecular flexibility index (Phi) is 2.82. The highest BCUT2D eigenvalue weighted by atomic mass is 79.9. The van der Waals surface area contributed by atoms with Crippen molar-refractivity contribution in [2.75, 3.05) is 0 Å². The molecular weight excluding hydrogens is 262 g/mol. The third kappa shape index (κ3) is 1.78. The first-order valence-corrected chi connectivity index (χ1v) is 4.23. The predicted octanol–water partition coefficient (Wildman–Crippen LogP) is 2.10. The Hall–Kier alpha value is 0.0700. The number of aliphatic hydroxyl groups excluding tert-OH is 1. The molecule has 0 unspecified atom stereocenters. The van der Waals surface area contributed by atoms with Gasteiger partial charge in [0.1, 0.15) is 4.60 Å². The molecule has 0 spiro atoms. The quantitative estimate of drug-likeness (QED) is 0.790. The Morgan fingerprint density at radius 1 is 1.50 bits per heavy atom. The zero-order valence-corrected chi connectivity index (χ0v) is 8.18. The van der Waals surface area contributed by atoms with Crippen LogP contribution < -0.4 is 0 Å². The number of hydrogen-bond donors (Lipinski definition) is 1. The number of halogens is 2. The molecule has 0 aliphatic heterocycles. The molecule has 1 aromatic rings. The summed E-state index contributed by atoms with van der Waals surface area (Å²) in [6, 6.07) is 1.82. The second-order valence-corrected chi connectivity index (χ2v) is 3.43. The van der Waals surface area contributed by atoms with E-state index in [4.69, 9.17) is 5.11 Å². The van der Waals surface area contributed by atoms with Gasteiger partial charge in [0.15, 0.2) is 0 Å². The van der Waals surface area contributed by atoms with E-state index in [-0.39, 0.29) is 6.61 Å². The van der Waals surface area contributed by atoms with E-state index in [0.717, 1.165) is 10.0 Å². The number of aliphatic hydroxyl groups is 1. The predicted molar refractivity (Wildman–Crippen MR) is 45.6 cm³/mol. The van der Waals surface area contributed by atoms with Gasteiger partial charge in [0.25, 0.3) is 0 Å². The van der Waals surface area contributed by atoms with Gasteiger partial charge in [-0.2, -0.15) is 0 Å². The van der Waals surface area contributed by atoms with Gasteiger partial charge in [-0.1, -0.05) is 0 Å².